The van der Waals surface area contributed by atoms with Gasteiger partial charge in [0.1, 0.15) is 5.75 Å². The summed E-state index contributed by atoms with van der Waals surface area (Å²) in [6.45, 7) is 1.06. The Balaban J connectivity index is 1.86. The van der Waals surface area contributed by atoms with Crippen molar-refractivity contribution in [2.75, 3.05) is 13.7 Å². The number of methoxy groups -OCH3 is 1. The molecule has 0 spiro atoms. The molecule has 1 unspecified atom stereocenters. The third-order valence-electron chi connectivity index (χ3n) is 3.87. The van der Waals surface area contributed by atoms with Crippen molar-refractivity contribution in [1.29, 1.82) is 0 Å². The molecule has 156 valence electrons. The summed E-state index contributed by atoms with van der Waals surface area (Å²) < 4.78 is 62.2. The smallest absolute Gasteiger partial charge is 0.307 e. The number of ketones is 1. The molecule has 7 nitrogen and oxygen atoms in total. The molecule has 29 heavy (non-hydrogen) atoms. The molecule has 2 aromatic carbocycles. The molecule has 0 aromatic heterocycles. The summed E-state index contributed by atoms with van der Waals surface area (Å²) in [5.74, 6) is -3.14. The van der Waals surface area contributed by atoms with Gasteiger partial charge in [-0.15, -0.1) is 0 Å². The fourth-order valence-corrected chi connectivity index (χ4v) is 3.36. The first-order valence-electron chi connectivity index (χ1n) is 8.46. The molecule has 2 rings (SSSR count). The van der Waals surface area contributed by atoms with E-state index in [2.05, 4.69) is 4.72 Å². The van der Waals surface area contributed by atoms with Crippen molar-refractivity contribution in [3.05, 3.63) is 59.7 Å². The molecule has 0 radical (unpaired) electrons. The van der Waals surface area contributed by atoms with E-state index in [4.69, 9.17) is 9.47 Å². The van der Waals surface area contributed by atoms with Crippen LogP contribution in [0.5, 0.6) is 5.75 Å². The van der Waals surface area contributed by atoms with E-state index in [0.29, 0.717) is 23.4 Å². The number of esters is 1. The van der Waals surface area contributed by atoms with Gasteiger partial charge in [-0.2, -0.15) is 0 Å². The second kappa shape index (κ2) is 9.57. The first-order chi connectivity index (χ1) is 13.6. The van der Waals surface area contributed by atoms with Gasteiger partial charge in [0, 0.05) is 12.1 Å². The number of carbonyl (C=O) groups is 2. The van der Waals surface area contributed by atoms with Gasteiger partial charge in [0.25, 0.3) is 0 Å². The molecular weight excluding hydrogens is 408 g/mol. The number of rotatable bonds is 9. The number of benzene rings is 2. The lowest BCUT2D eigenvalue weighted by Gasteiger charge is -2.13. The van der Waals surface area contributed by atoms with Crippen molar-refractivity contribution in [1.82, 2.24) is 4.72 Å². The Morgan fingerprint density at radius 3 is 2.31 bits per heavy atom. The topological polar surface area (TPSA) is 98.8 Å². The molecule has 0 saturated carbocycles. The van der Waals surface area contributed by atoms with Crippen molar-refractivity contribution in [2.45, 2.75) is 24.3 Å². The fourth-order valence-electron chi connectivity index (χ4n) is 2.31. The molecule has 0 amide bonds. The predicted octanol–water partition coefficient (Wildman–Crippen LogP) is 2.46. The lowest BCUT2D eigenvalue weighted by Crippen LogP contribution is -2.29. The molecule has 0 aliphatic carbocycles. The minimum atomic E-state index is -4.13. The Morgan fingerprint density at radius 1 is 1.07 bits per heavy atom. The Hall–Kier alpha value is -2.85. The van der Waals surface area contributed by atoms with Gasteiger partial charge < -0.3 is 9.47 Å². The standard InChI is InChI=1S/C19H19F2NO6S/c1-12(19(24)13-3-5-14(27-2)6-4-13)28-18(23)9-10-22-29(25,26)15-7-8-16(20)17(21)11-15/h3-8,11-12,22H,9-10H2,1-2H3. The summed E-state index contributed by atoms with van der Waals surface area (Å²) >= 11 is 0. The fraction of sp³-hybridized carbons (Fsp3) is 0.263. The zero-order valence-electron chi connectivity index (χ0n) is 15.6. The number of Topliss-reactive ketones (excluding diaryl/α,β-unsaturated/α-hetero) is 1. The Labute approximate surface area is 166 Å². The van der Waals surface area contributed by atoms with E-state index < -0.39 is 44.4 Å². The highest BCUT2D eigenvalue weighted by Crippen LogP contribution is 2.15. The summed E-state index contributed by atoms with van der Waals surface area (Å²) in [6.07, 6.45) is -1.43. The zero-order chi connectivity index (χ0) is 21.6. The van der Waals surface area contributed by atoms with Crippen LogP contribution in [0.1, 0.15) is 23.7 Å². The monoisotopic (exact) mass is 427 g/mol. The average molecular weight is 427 g/mol. The van der Waals surface area contributed by atoms with Crippen molar-refractivity contribution in [3.8, 4) is 5.75 Å². The molecule has 0 aliphatic heterocycles. The van der Waals surface area contributed by atoms with Gasteiger partial charge in [-0.3, -0.25) is 9.59 Å². The summed E-state index contributed by atoms with van der Waals surface area (Å²) in [6, 6.07) is 8.36. The van der Waals surface area contributed by atoms with Gasteiger partial charge >= 0.3 is 5.97 Å². The molecule has 0 aliphatic rings. The first-order valence-corrected chi connectivity index (χ1v) is 9.95. The van der Waals surface area contributed by atoms with Crippen LogP contribution in [0.15, 0.2) is 47.4 Å². The molecule has 2 aromatic rings. The maximum Gasteiger partial charge on any atom is 0.307 e. The van der Waals surface area contributed by atoms with Crippen LogP contribution in [0.2, 0.25) is 0 Å². The number of nitrogens with one attached hydrogen (secondary N) is 1. The maximum atomic E-state index is 13.2. The van der Waals surface area contributed by atoms with Crippen LogP contribution in [0.3, 0.4) is 0 Å². The van der Waals surface area contributed by atoms with Crippen molar-refractivity contribution >= 4 is 21.8 Å². The highest BCUT2D eigenvalue weighted by atomic mass is 32.2. The number of hydrogen-bond donors (Lipinski definition) is 1. The number of hydrogen-bond acceptors (Lipinski definition) is 6. The van der Waals surface area contributed by atoms with Crippen LogP contribution >= 0.6 is 0 Å². The van der Waals surface area contributed by atoms with Crippen LogP contribution in [0, 0.1) is 11.6 Å². The van der Waals surface area contributed by atoms with Crippen molar-refractivity contribution in [2.24, 2.45) is 0 Å². The highest BCUT2D eigenvalue weighted by Gasteiger charge is 2.21. The third-order valence-corrected chi connectivity index (χ3v) is 5.33. The Kier molecular flexibility index (Phi) is 7.40. The molecule has 0 heterocycles. The van der Waals surface area contributed by atoms with Crippen LogP contribution in [-0.2, 0) is 19.6 Å². The molecular formula is C19H19F2NO6S. The quantitative estimate of drug-likeness (QED) is 0.488. The van der Waals surface area contributed by atoms with E-state index in [1.54, 1.807) is 12.1 Å². The summed E-state index contributed by atoms with van der Waals surface area (Å²) in [5.41, 5.74) is 0.324. The van der Waals surface area contributed by atoms with E-state index in [1.165, 1.54) is 26.2 Å². The first kappa shape index (κ1) is 22.4. The summed E-state index contributed by atoms with van der Waals surface area (Å²) in [5, 5.41) is 0. The lowest BCUT2D eigenvalue weighted by molar-refractivity contribution is -0.146. The minimum absolute atomic E-state index is 0.324. The molecule has 0 bridgehead atoms. The SMILES string of the molecule is COc1ccc(C(=O)C(C)OC(=O)CCNS(=O)(=O)c2ccc(F)c(F)c2)cc1. The summed E-state index contributed by atoms with van der Waals surface area (Å²) in [4.78, 5) is 23.7. The van der Waals surface area contributed by atoms with E-state index in [1.807, 2.05) is 0 Å². The second-order valence-electron chi connectivity index (χ2n) is 5.95. The van der Waals surface area contributed by atoms with Crippen molar-refractivity contribution < 1.29 is 36.3 Å². The normalized spacial score (nSPS) is 12.3. The largest absolute Gasteiger partial charge is 0.497 e. The van der Waals surface area contributed by atoms with Gasteiger partial charge in [0.15, 0.2) is 17.7 Å². The maximum absolute atomic E-state index is 13.2. The van der Waals surface area contributed by atoms with Gasteiger partial charge in [0.2, 0.25) is 15.8 Å². The van der Waals surface area contributed by atoms with E-state index >= 15 is 0 Å². The van der Waals surface area contributed by atoms with Crippen LogP contribution in [0.25, 0.3) is 0 Å². The van der Waals surface area contributed by atoms with Crippen molar-refractivity contribution in [3.63, 3.8) is 0 Å². The zero-order valence-corrected chi connectivity index (χ0v) is 16.5. The highest BCUT2D eigenvalue weighted by molar-refractivity contribution is 7.89. The predicted molar refractivity (Wildman–Crippen MR) is 99.0 cm³/mol. The van der Waals surface area contributed by atoms with Gasteiger partial charge in [0.05, 0.1) is 18.4 Å². The molecule has 10 heteroatoms. The number of sulfonamides is 1. The van der Waals surface area contributed by atoms with Gasteiger partial charge in [-0.25, -0.2) is 21.9 Å². The van der Waals surface area contributed by atoms with Crippen LogP contribution in [0.4, 0.5) is 8.78 Å². The van der Waals surface area contributed by atoms with Crippen LogP contribution in [-0.4, -0.2) is 39.9 Å². The van der Waals surface area contributed by atoms with E-state index in [-0.39, 0.29) is 13.0 Å². The third kappa shape index (κ3) is 6.06. The number of halogens is 2. The number of ether oxygens (including phenoxy) is 2. The Morgan fingerprint density at radius 2 is 1.72 bits per heavy atom. The van der Waals surface area contributed by atoms with Crippen LogP contribution < -0.4 is 9.46 Å². The molecule has 0 saturated heterocycles. The number of carbonyl (C=O) groups excluding carboxylic acids is 2. The average Bonchev–Trinajstić information content (AvgIpc) is 2.69. The van der Waals surface area contributed by atoms with E-state index in [9.17, 15) is 26.8 Å². The van der Waals surface area contributed by atoms with E-state index in [0.717, 1.165) is 6.07 Å². The lowest BCUT2D eigenvalue weighted by atomic mass is 10.1. The Bertz CT molecular complexity index is 992. The molecule has 0 fully saturated rings. The second-order valence-corrected chi connectivity index (χ2v) is 7.72. The molecule has 1 N–H and O–H groups in total. The van der Waals surface area contributed by atoms with Gasteiger partial charge in [-0.1, -0.05) is 0 Å². The van der Waals surface area contributed by atoms with Gasteiger partial charge in [-0.05, 0) is 49.4 Å². The minimum Gasteiger partial charge on any atom is -0.497 e. The summed E-state index contributed by atoms with van der Waals surface area (Å²) in [7, 11) is -2.64. The molecule has 1 atom stereocenters.